The highest BCUT2D eigenvalue weighted by atomic mass is 16.7. The summed E-state index contributed by atoms with van der Waals surface area (Å²) in [7, 11) is 0. The predicted octanol–water partition coefficient (Wildman–Crippen LogP) is 3.79. The maximum Gasteiger partial charge on any atom is 0.152 e. The standard InChI is InChI=1S/C18H19NO2/c1-15(20)12-13-18(14-16-8-4-2-5-9-16)21-19-17-10-6-3-7-11-17/h2-13,18-19H,14H2,1H3/b13-12+/t18-/m0/s1. The third-order valence-corrected chi connectivity index (χ3v) is 2.93. The minimum atomic E-state index is -0.212. The molecule has 3 heteroatoms. The average molecular weight is 281 g/mol. The van der Waals surface area contributed by atoms with Crippen LogP contribution in [0.4, 0.5) is 5.69 Å². The van der Waals surface area contributed by atoms with Crippen LogP contribution in [0.1, 0.15) is 12.5 Å². The van der Waals surface area contributed by atoms with Crippen LogP contribution in [0.5, 0.6) is 0 Å². The Balaban J connectivity index is 2.00. The van der Waals surface area contributed by atoms with Crippen LogP contribution in [0, 0.1) is 0 Å². The van der Waals surface area contributed by atoms with Crippen LogP contribution in [0.3, 0.4) is 0 Å². The van der Waals surface area contributed by atoms with E-state index in [4.69, 9.17) is 4.84 Å². The molecule has 0 aliphatic carbocycles. The maximum absolute atomic E-state index is 11.1. The number of benzene rings is 2. The molecule has 0 fully saturated rings. The van der Waals surface area contributed by atoms with Crippen LogP contribution >= 0.6 is 0 Å². The topological polar surface area (TPSA) is 38.3 Å². The Morgan fingerprint density at radius 3 is 2.33 bits per heavy atom. The van der Waals surface area contributed by atoms with Gasteiger partial charge < -0.3 is 0 Å². The van der Waals surface area contributed by atoms with Gasteiger partial charge in [0.1, 0.15) is 6.10 Å². The number of nitrogens with one attached hydrogen (secondary N) is 1. The summed E-state index contributed by atoms with van der Waals surface area (Å²) in [5.74, 6) is 0.0105. The summed E-state index contributed by atoms with van der Waals surface area (Å²) in [6, 6.07) is 19.7. The maximum atomic E-state index is 11.1. The molecule has 0 bridgehead atoms. The first-order valence-electron chi connectivity index (χ1n) is 6.93. The van der Waals surface area contributed by atoms with Gasteiger partial charge in [0.05, 0.1) is 5.69 Å². The molecule has 0 unspecified atom stereocenters. The van der Waals surface area contributed by atoms with Crippen LogP contribution in [-0.2, 0) is 16.1 Å². The van der Waals surface area contributed by atoms with E-state index in [2.05, 4.69) is 5.48 Å². The van der Waals surface area contributed by atoms with Gasteiger partial charge in [-0.1, -0.05) is 48.5 Å². The van der Waals surface area contributed by atoms with Gasteiger partial charge in [-0.2, -0.15) is 0 Å². The zero-order chi connectivity index (χ0) is 14.9. The minimum Gasteiger partial charge on any atom is -0.295 e. The summed E-state index contributed by atoms with van der Waals surface area (Å²) in [6.07, 6.45) is 3.81. The Hall–Kier alpha value is -2.39. The van der Waals surface area contributed by atoms with Crippen molar-refractivity contribution in [1.82, 2.24) is 0 Å². The van der Waals surface area contributed by atoms with Gasteiger partial charge in [-0.05, 0) is 36.8 Å². The number of ketones is 1. The molecular formula is C18H19NO2. The Morgan fingerprint density at radius 1 is 1.10 bits per heavy atom. The fraction of sp³-hybridized carbons (Fsp3) is 0.167. The molecule has 0 spiro atoms. The van der Waals surface area contributed by atoms with Gasteiger partial charge in [0, 0.05) is 6.42 Å². The summed E-state index contributed by atoms with van der Waals surface area (Å²) in [5, 5.41) is 0. The zero-order valence-electron chi connectivity index (χ0n) is 12.0. The lowest BCUT2D eigenvalue weighted by molar-refractivity contribution is -0.112. The van der Waals surface area contributed by atoms with Crippen LogP contribution in [0.15, 0.2) is 72.8 Å². The molecule has 0 heterocycles. The highest BCUT2D eigenvalue weighted by Crippen LogP contribution is 2.11. The molecule has 21 heavy (non-hydrogen) atoms. The summed E-state index contributed by atoms with van der Waals surface area (Å²) < 4.78 is 0. The minimum absolute atomic E-state index is 0.0105. The van der Waals surface area contributed by atoms with E-state index in [1.807, 2.05) is 60.7 Å². The van der Waals surface area contributed by atoms with Gasteiger partial charge in [-0.3, -0.25) is 15.1 Å². The summed E-state index contributed by atoms with van der Waals surface area (Å²) in [4.78, 5) is 16.8. The number of para-hydroxylation sites is 1. The molecule has 0 radical (unpaired) electrons. The van der Waals surface area contributed by atoms with Crippen molar-refractivity contribution in [2.75, 3.05) is 5.48 Å². The summed E-state index contributed by atoms with van der Waals surface area (Å²) >= 11 is 0. The van der Waals surface area contributed by atoms with Gasteiger partial charge in [0.15, 0.2) is 5.78 Å². The van der Waals surface area contributed by atoms with E-state index in [1.165, 1.54) is 6.92 Å². The second kappa shape index (κ2) is 8.02. The lowest BCUT2D eigenvalue weighted by Crippen LogP contribution is -2.18. The van der Waals surface area contributed by atoms with E-state index in [9.17, 15) is 4.79 Å². The molecule has 1 N–H and O–H groups in total. The quantitative estimate of drug-likeness (QED) is 0.620. The van der Waals surface area contributed by atoms with Crippen molar-refractivity contribution in [3.05, 3.63) is 78.4 Å². The molecule has 1 atom stereocenters. The molecule has 2 rings (SSSR count). The third kappa shape index (κ3) is 5.63. The largest absolute Gasteiger partial charge is 0.295 e. The first-order valence-corrected chi connectivity index (χ1v) is 6.93. The fourth-order valence-corrected chi connectivity index (χ4v) is 1.89. The lowest BCUT2D eigenvalue weighted by Gasteiger charge is -2.15. The van der Waals surface area contributed by atoms with Crippen LogP contribution < -0.4 is 5.48 Å². The van der Waals surface area contributed by atoms with Gasteiger partial charge >= 0.3 is 0 Å². The van der Waals surface area contributed by atoms with Crippen molar-refractivity contribution >= 4 is 11.5 Å². The van der Waals surface area contributed by atoms with Crippen LogP contribution in [0.2, 0.25) is 0 Å². The van der Waals surface area contributed by atoms with E-state index in [-0.39, 0.29) is 11.9 Å². The first-order chi connectivity index (χ1) is 10.2. The Labute approximate surface area is 125 Å². The Bertz CT molecular complexity index is 579. The normalized spacial score (nSPS) is 12.2. The predicted molar refractivity (Wildman–Crippen MR) is 84.9 cm³/mol. The fourth-order valence-electron chi connectivity index (χ4n) is 1.89. The number of hydrogen-bond acceptors (Lipinski definition) is 3. The number of allylic oxidation sites excluding steroid dienone is 1. The van der Waals surface area contributed by atoms with Crippen molar-refractivity contribution in [3.63, 3.8) is 0 Å². The van der Waals surface area contributed by atoms with Crippen molar-refractivity contribution < 1.29 is 9.63 Å². The molecule has 0 aromatic heterocycles. The van der Waals surface area contributed by atoms with Crippen LogP contribution in [0.25, 0.3) is 0 Å². The van der Waals surface area contributed by atoms with E-state index in [1.54, 1.807) is 12.2 Å². The van der Waals surface area contributed by atoms with Crippen LogP contribution in [-0.4, -0.2) is 11.9 Å². The van der Waals surface area contributed by atoms with Crippen molar-refractivity contribution in [2.45, 2.75) is 19.4 Å². The zero-order valence-corrected chi connectivity index (χ0v) is 12.0. The van der Waals surface area contributed by atoms with Gasteiger partial charge in [0.2, 0.25) is 0 Å². The Kier molecular flexibility index (Phi) is 5.73. The lowest BCUT2D eigenvalue weighted by atomic mass is 10.1. The molecule has 3 nitrogen and oxygen atoms in total. The number of carbonyl (C=O) groups is 1. The molecule has 0 saturated carbocycles. The molecular weight excluding hydrogens is 262 g/mol. The molecule has 0 aliphatic rings. The third-order valence-electron chi connectivity index (χ3n) is 2.93. The number of rotatable bonds is 7. The molecule has 2 aromatic carbocycles. The second-order valence-corrected chi connectivity index (χ2v) is 4.78. The molecule has 0 saturated heterocycles. The highest BCUT2D eigenvalue weighted by Gasteiger charge is 2.07. The van der Waals surface area contributed by atoms with Crippen molar-refractivity contribution in [2.24, 2.45) is 0 Å². The smallest absolute Gasteiger partial charge is 0.152 e. The van der Waals surface area contributed by atoms with E-state index < -0.39 is 0 Å². The SMILES string of the molecule is CC(=O)/C=C/[C@@H](Cc1ccccc1)ONc1ccccc1. The van der Waals surface area contributed by atoms with Gasteiger partial charge in [-0.15, -0.1) is 0 Å². The number of anilines is 1. The monoisotopic (exact) mass is 281 g/mol. The van der Waals surface area contributed by atoms with Gasteiger partial charge in [0.25, 0.3) is 0 Å². The molecule has 108 valence electrons. The molecule has 0 aliphatic heterocycles. The van der Waals surface area contributed by atoms with E-state index >= 15 is 0 Å². The van der Waals surface area contributed by atoms with Crippen molar-refractivity contribution in [1.29, 1.82) is 0 Å². The van der Waals surface area contributed by atoms with E-state index in [0.29, 0.717) is 6.42 Å². The second-order valence-electron chi connectivity index (χ2n) is 4.78. The van der Waals surface area contributed by atoms with Crippen molar-refractivity contribution in [3.8, 4) is 0 Å². The average Bonchev–Trinajstić information content (AvgIpc) is 2.52. The summed E-state index contributed by atoms with van der Waals surface area (Å²) in [5.41, 5.74) is 4.97. The molecule has 2 aromatic rings. The number of hydrogen-bond donors (Lipinski definition) is 1. The molecule has 0 amide bonds. The van der Waals surface area contributed by atoms with E-state index in [0.717, 1.165) is 11.3 Å². The first kappa shape index (κ1) is 15.0. The highest BCUT2D eigenvalue weighted by molar-refractivity contribution is 5.87. The summed E-state index contributed by atoms with van der Waals surface area (Å²) in [6.45, 7) is 1.53. The number of carbonyl (C=O) groups excluding carboxylic acids is 1. The van der Waals surface area contributed by atoms with Gasteiger partial charge in [-0.25, -0.2) is 0 Å². The Morgan fingerprint density at radius 2 is 1.71 bits per heavy atom.